The van der Waals surface area contributed by atoms with E-state index in [1.54, 1.807) is 30.5 Å². The van der Waals surface area contributed by atoms with Crippen molar-refractivity contribution >= 4 is 28.9 Å². The maximum Gasteiger partial charge on any atom is 0.227 e. The Labute approximate surface area is 261 Å². The van der Waals surface area contributed by atoms with Crippen molar-refractivity contribution in [2.75, 3.05) is 43.6 Å². The first-order valence-electron chi connectivity index (χ1n) is 15.1. The highest BCUT2D eigenvalue weighted by molar-refractivity contribution is 6.32. The van der Waals surface area contributed by atoms with Gasteiger partial charge in [0.15, 0.2) is 0 Å². The number of tetrazole rings is 1. The number of halogens is 1. The number of nitrogens with zero attached hydrogens (tertiary/aromatic N) is 8. The number of likely N-dealkylation sites (tertiary alicyclic amines) is 1. The van der Waals surface area contributed by atoms with E-state index in [1.165, 1.54) is 12.1 Å². The molecule has 7 rings (SSSR count). The molecule has 0 spiro atoms. The molecule has 3 aliphatic rings. The summed E-state index contributed by atoms with van der Waals surface area (Å²) < 4.78 is 19.1. The maximum atomic E-state index is 6.43. The van der Waals surface area contributed by atoms with Crippen molar-refractivity contribution in [3.63, 3.8) is 0 Å². The second-order valence-corrected chi connectivity index (χ2v) is 12.1. The van der Waals surface area contributed by atoms with Crippen molar-refractivity contribution in [3.8, 4) is 22.6 Å². The first-order chi connectivity index (χ1) is 21.5. The monoisotopic (exact) mass is 617 g/mol. The fourth-order valence-corrected chi connectivity index (χ4v) is 6.82. The first kappa shape index (κ1) is 28.8. The van der Waals surface area contributed by atoms with Crippen LogP contribution in [0.1, 0.15) is 26.2 Å². The molecular weight excluding hydrogens is 582 g/mol. The Kier molecular flexibility index (Phi) is 8.20. The number of rotatable bonds is 10. The van der Waals surface area contributed by atoms with Crippen molar-refractivity contribution in [1.29, 1.82) is 0 Å². The lowest BCUT2D eigenvalue weighted by Gasteiger charge is -2.41. The number of aromatic nitrogens is 6. The fraction of sp³-hybridized carbons (Fsp3) is 0.452. The Morgan fingerprint density at radius 3 is 2.57 bits per heavy atom. The topological polar surface area (TPSA) is 116 Å². The molecule has 3 aliphatic heterocycles. The summed E-state index contributed by atoms with van der Waals surface area (Å²) in [5.74, 6) is 1.81. The predicted molar refractivity (Wildman–Crippen MR) is 167 cm³/mol. The third-order valence-electron chi connectivity index (χ3n) is 8.79. The minimum absolute atomic E-state index is 0.192. The molecule has 2 aromatic heterocycles. The van der Waals surface area contributed by atoms with E-state index < -0.39 is 0 Å². The van der Waals surface area contributed by atoms with Crippen LogP contribution in [0.4, 0.5) is 17.3 Å². The third kappa shape index (κ3) is 6.01. The lowest BCUT2D eigenvalue weighted by Crippen LogP contribution is -2.51. The number of anilines is 3. The van der Waals surface area contributed by atoms with Crippen molar-refractivity contribution in [2.24, 2.45) is 0 Å². The van der Waals surface area contributed by atoms with E-state index in [4.69, 9.17) is 25.8 Å². The Morgan fingerprint density at radius 2 is 1.84 bits per heavy atom. The molecule has 0 radical (unpaired) electrons. The van der Waals surface area contributed by atoms with Crippen LogP contribution in [-0.2, 0) is 11.3 Å². The number of ether oxygens (including phenoxy) is 3. The molecule has 2 aromatic carbocycles. The molecule has 44 heavy (non-hydrogen) atoms. The van der Waals surface area contributed by atoms with Gasteiger partial charge in [0.2, 0.25) is 5.95 Å². The predicted octanol–water partition coefficient (Wildman–Crippen LogP) is 4.45. The zero-order valence-corrected chi connectivity index (χ0v) is 25.6. The van der Waals surface area contributed by atoms with E-state index in [0.717, 1.165) is 61.7 Å². The Balaban J connectivity index is 0.999. The van der Waals surface area contributed by atoms with Crippen LogP contribution in [0.25, 0.3) is 11.1 Å². The van der Waals surface area contributed by atoms with E-state index in [1.807, 2.05) is 31.2 Å². The normalized spacial score (nSPS) is 21.0. The summed E-state index contributed by atoms with van der Waals surface area (Å²) >= 11 is 6.43. The minimum Gasteiger partial charge on any atom is -0.494 e. The Morgan fingerprint density at radius 1 is 1.00 bits per heavy atom. The van der Waals surface area contributed by atoms with E-state index in [0.29, 0.717) is 41.4 Å². The van der Waals surface area contributed by atoms with Gasteiger partial charge in [-0.1, -0.05) is 17.7 Å². The van der Waals surface area contributed by atoms with Gasteiger partial charge < -0.3 is 24.4 Å². The van der Waals surface area contributed by atoms with E-state index in [9.17, 15) is 0 Å². The first-order valence-corrected chi connectivity index (χ1v) is 15.5. The van der Waals surface area contributed by atoms with Crippen molar-refractivity contribution in [2.45, 2.75) is 57.0 Å². The molecule has 2 bridgehead atoms. The highest BCUT2D eigenvalue weighted by Crippen LogP contribution is 2.40. The van der Waals surface area contributed by atoms with Crippen LogP contribution in [-0.4, -0.2) is 92.7 Å². The van der Waals surface area contributed by atoms with E-state index in [2.05, 4.69) is 52.7 Å². The number of hydrogen-bond acceptors (Lipinski definition) is 11. The number of hydrogen-bond donors (Lipinski definition) is 1. The van der Waals surface area contributed by atoms with E-state index in [-0.39, 0.29) is 6.10 Å². The molecule has 0 aliphatic carbocycles. The number of nitrogens with one attached hydrogen (secondary N) is 1. The van der Waals surface area contributed by atoms with Crippen LogP contribution in [0.3, 0.4) is 0 Å². The maximum absolute atomic E-state index is 6.43. The van der Waals surface area contributed by atoms with Crippen LogP contribution in [0.15, 0.2) is 55.1 Å². The average Bonchev–Trinajstić information content (AvgIpc) is 3.82. The number of piperazine rings is 1. The van der Waals surface area contributed by atoms with Gasteiger partial charge in [-0.05, 0) is 66.4 Å². The van der Waals surface area contributed by atoms with Crippen LogP contribution >= 0.6 is 11.6 Å². The molecule has 0 saturated carbocycles. The summed E-state index contributed by atoms with van der Waals surface area (Å²) in [5.41, 5.74) is 3.74. The molecule has 230 valence electrons. The second-order valence-electron chi connectivity index (χ2n) is 11.6. The second kappa shape index (κ2) is 12.5. The molecular formula is C31H36ClN9O3. The largest absolute Gasteiger partial charge is 0.494 e. The van der Waals surface area contributed by atoms with Crippen LogP contribution in [0, 0.1) is 0 Å². The minimum atomic E-state index is -0.192. The van der Waals surface area contributed by atoms with Crippen molar-refractivity contribution in [3.05, 3.63) is 60.1 Å². The van der Waals surface area contributed by atoms with Crippen LogP contribution in [0.2, 0.25) is 5.02 Å². The SMILES string of the molecule is COc1cc(N2C[C@@H]3C[C@H]2CN3C2CCOCC2)ccc1Nc1ncc(-c2ccc(Cl)c(O[C@@H](C)Cn3cnnn3)c2)cn1. The van der Waals surface area contributed by atoms with E-state index >= 15 is 0 Å². The van der Waals surface area contributed by atoms with Crippen LogP contribution in [0.5, 0.6) is 11.5 Å². The summed E-state index contributed by atoms with van der Waals surface area (Å²) in [5, 5.41) is 15.0. The standard InChI is InChI=1S/C31H36ClN9O3/c1-20(16-39-19-35-37-38-39)44-29-11-21(3-5-27(29)32)22-14-33-31(34-15-22)36-28-6-4-24(13-30(28)42-2)41-18-25-12-26(41)17-40(25)23-7-9-43-10-8-23/h3-6,11,13-15,19-20,23,25-26H,7-10,12,16-18H2,1-2H3,(H,33,34,36)/t20-,25-,26-/m0/s1. The lowest BCUT2D eigenvalue weighted by molar-refractivity contribution is 0.0271. The van der Waals surface area contributed by atoms with Gasteiger partial charge in [-0.2, -0.15) is 0 Å². The van der Waals surface area contributed by atoms with Gasteiger partial charge in [0.1, 0.15) is 23.9 Å². The Hall–Kier alpha value is -4.00. The molecule has 1 N–H and O–H groups in total. The molecule has 13 heteroatoms. The van der Waals surface area contributed by atoms with Gasteiger partial charge in [-0.25, -0.2) is 14.6 Å². The zero-order chi connectivity index (χ0) is 30.0. The quantitative estimate of drug-likeness (QED) is 0.272. The highest BCUT2D eigenvalue weighted by Gasteiger charge is 2.45. The summed E-state index contributed by atoms with van der Waals surface area (Å²) in [6, 6.07) is 13.8. The van der Waals surface area contributed by atoms with Crippen LogP contribution < -0.4 is 19.7 Å². The van der Waals surface area contributed by atoms with Crippen molar-refractivity contribution in [1.82, 2.24) is 35.1 Å². The van der Waals surface area contributed by atoms with Gasteiger partial charge >= 0.3 is 0 Å². The Bertz CT molecular complexity index is 1570. The summed E-state index contributed by atoms with van der Waals surface area (Å²) in [6.45, 7) is 6.39. The van der Waals surface area contributed by atoms with Gasteiger partial charge in [-0.3, -0.25) is 4.90 Å². The smallest absolute Gasteiger partial charge is 0.227 e. The highest BCUT2D eigenvalue weighted by atomic mass is 35.5. The number of benzene rings is 2. The molecule has 0 amide bonds. The molecule has 3 fully saturated rings. The molecule has 3 atom stereocenters. The summed E-state index contributed by atoms with van der Waals surface area (Å²) in [7, 11) is 1.70. The summed E-state index contributed by atoms with van der Waals surface area (Å²) in [4.78, 5) is 14.4. The summed E-state index contributed by atoms with van der Waals surface area (Å²) in [6.07, 6.45) is 8.44. The van der Waals surface area contributed by atoms with Gasteiger partial charge in [0.25, 0.3) is 0 Å². The molecule has 12 nitrogen and oxygen atoms in total. The molecule has 3 saturated heterocycles. The fourth-order valence-electron chi connectivity index (χ4n) is 6.66. The third-order valence-corrected chi connectivity index (χ3v) is 9.10. The van der Waals surface area contributed by atoms with Gasteiger partial charge in [0.05, 0.1) is 24.4 Å². The van der Waals surface area contributed by atoms with Gasteiger partial charge in [0, 0.05) is 74.1 Å². The number of methoxy groups -OCH3 is 1. The van der Waals surface area contributed by atoms with Gasteiger partial charge in [-0.15, -0.1) is 5.10 Å². The zero-order valence-electron chi connectivity index (χ0n) is 24.8. The molecule has 5 heterocycles. The lowest BCUT2D eigenvalue weighted by atomic mass is 10.1. The average molecular weight is 618 g/mol. The molecule has 4 aromatic rings. The van der Waals surface area contributed by atoms with Crippen molar-refractivity contribution < 1.29 is 14.2 Å². The molecule has 0 unspecified atom stereocenters. The number of fused-ring (bicyclic) bond motifs is 2.